The van der Waals surface area contributed by atoms with Crippen molar-refractivity contribution in [1.29, 1.82) is 0 Å². The SMILES string of the molecule is COc1ccc(NC(C)=O)cc1S(=O)(=O)N1CCN(S(=O)(=O)c2ccc3c(c2)CCC3)CC1. The smallest absolute Gasteiger partial charge is 0.246 e. The minimum absolute atomic E-state index is 0.0139. The zero-order valence-corrected chi connectivity index (χ0v) is 20.2. The standard InChI is InChI=1S/C22H27N3O6S2/c1-16(26)23-19-7-9-21(31-2)22(15-19)33(29,30)25-12-10-24(11-13-25)32(27,28)20-8-6-17-4-3-5-18(17)14-20/h6-9,14-15H,3-5,10-13H2,1-2H3,(H,23,26). The molecule has 11 heteroatoms. The Morgan fingerprint density at radius 3 is 2.15 bits per heavy atom. The normalized spacial score (nSPS) is 17.5. The summed E-state index contributed by atoms with van der Waals surface area (Å²) in [6.07, 6.45) is 2.88. The highest BCUT2D eigenvalue weighted by atomic mass is 32.2. The molecule has 1 N–H and O–H groups in total. The van der Waals surface area contributed by atoms with Crippen molar-refractivity contribution >= 4 is 31.6 Å². The van der Waals surface area contributed by atoms with Gasteiger partial charge in [-0.15, -0.1) is 0 Å². The number of benzene rings is 2. The van der Waals surface area contributed by atoms with E-state index in [4.69, 9.17) is 4.74 Å². The molecule has 1 aliphatic carbocycles. The molecule has 33 heavy (non-hydrogen) atoms. The first-order chi connectivity index (χ1) is 15.6. The molecule has 0 unspecified atom stereocenters. The van der Waals surface area contributed by atoms with Gasteiger partial charge < -0.3 is 10.1 Å². The molecule has 2 aromatic rings. The van der Waals surface area contributed by atoms with Gasteiger partial charge in [0.15, 0.2) is 0 Å². The van der Waals surface area contributed by atoms with Gasteiger partial charge in [-0.25, -0.2) is 16.8 Å². The Kier molecular flexibility index (Phi) is 6.50. The van der Waals surface area contributed by atoms with E-state index in [1.807, 2.05) is 6.07 Å². The van der Waals surface area contributed by atoms with E-state index in [0.29, 0.717) is 5.69 Å². The van der Waals surface area contributed by atoms with E-state index in [0.717, 1.165) is 24.8 Å². The Bertz CT molecular complexity index is 1280. The van der Waals surface area contributed by atoms with Crippen LogP contribution in [0.15, 0.2) is 46.2 Å². The zero-order chi connectivity index (χ0) is 23.8. The molecule has 1 aliphatic heterocycles. The number of hydrogen-bond donors (Lipinski definition) is 1. The first kappa shape index (κ1) is 23.7. The van der Waals surface area contributed by atoms with Gasteiger partial charge in [-0.05, 0) is 60.7 Å². The summed E-state index contributed by atoms with van der Waals surface area (Å²) in [7, 11) is -6.31. The third-order valence-electron chi connectivity index (χ3n) is 6.01. The largest absolute Gasteiger partial charge is 0.495 e. The van der Waals surface area contributed by atoms with E-state index in [1.54, 1.807) is 18.2 Å². The van der Waals surface area contributed by atoms with Gasteiger partial charge in [0.05, 0.1) is 12.0 Å². The summed E-state index contributed by atoms with van der Waals surface area (Å²) in [6.45, 7) is 1.46. The number of nitrogens with one attached hydrogen (secondary N) is 1. The lowest BCUT2D eigenvalue weighted by atomic mass is 10.1. The van der Waals surface area contributed by atoms with Crippen molar-refractivity contribution in [2.75, 3.05) is 38.6 Å². The van der Waals surface area contributed by atoms with Crippen LogP contribution in [0.25, 0.3) is 0 Å². The highest BCUT2D eigenvalue weighted by molar-refractivity contribution is 7.89. The van der Waals surface area contributed by atoms with Crippen LogP contribution in [0, 0.1) is 0 Å². The molecule has 0 aromatic heterocycles. The number of methoxy groups -OCH3 is 1. The summed E-state index contributed by atoms with van der Waals surface area (Å²) in [5.41, 5.74) is 2.60. The molecule has 1 heterocycles. The van der Waals surface area contributed by atoms with Crippen LogP contribution in [0.1, 0.15) is 24.5 Å². The van der Waals surface area contributed by atoms with Gasteiger partial charge in [-0.3, -0.25) is 4.79 Å². The van der Waals surface area contributed by atoms with Crippen molar-refractivity contribution in [3.63, 3.8) is 0 Å². The number of piperazine rings is 1. The Labute approximate surface area is 194 Å². The molecular formula is C22H27N3O6S2. The van der Waals surface area contributed by atoms with E-state index in [2.05, 4.69) is 5.32 Å². The minimum atomic E-state index is -3.97. The van der Waals surface area contributed by atoms with Gasteiger partial charge in [0.2, 0.25) is 26.0 Å². The van der Waals surface area contributed by atoms with Crippen LogP contribution in [-0.2, 0) is 37.7 Å². The number of carbonyl (C=O) groups is 1. The molecule has 0 saturated carbocycles. The molecule has 1 saturated heterocycles. The summed E-state index contributed by atoms with van der Waals surface area (Å²) in [5.74, 6) is -0.175. The number of rotatable bonds is 6. The minimum Gasteiger partial charge on any atom is -0.495 e. The fraction of sp³-hybridized carbons (Fsp3) is 0.409. The van der Waals surface area contributed by atoms with Gasteiger partial charge >= 0.3 is 0 Å². The van der Waals surface area contributed by atoms with Gasteiger partial charge in [0, 0.05) is 38.8 Å². The molecule has 178 valence electrons. The third kappa shape index (κ3) is 4.63. The number of hydrogen-bond acceptors (Lipinski definition) is 6. The Morgan fingerprint density at radius 1 is 0.879 bits per heavy atom. The van der Waals surface area contributed by atoms with E-state index < -0.39 is 20.0 Å². The lowest BCUT2D eigenvalue weighted by molar-refractivity contribution is -0.114. The highest BCUT2D eigenvalue weighted by Crippen LogP contribution is 2.31. The molecule has 9 nitrogen and oxygen atoms in total. The first-order valence-corrected chi connectivity index (χ1v) is 13.6. The topological polar surface area (TPSA) is 113 Å². The highest BCUT2D eigenvalue weighted by Gasteiger charge is 2.35. The fourth-order valence-corrected chi connectivity index (χ4v) is 7.38. The van der Waals surface area contributed by atoms with Gasteiger partial charge in [0.1, 0.15) is 10.6 Å². The quantitative estimate of drug-likeness (QED) is 0.657. The van der Waals surface area contributed by atoms with E-state index in [9.17, 15) is 21.6 Å². The lowest BCUT2D eigenvalue weighted by Crippen LogP contribution is -2.50. The number of amides is 1. The second kappa shape index (κ2) is 9.05. The van der Waals surface area contributed by atoms with Crippen molar-refractivity contribution in [2.45, 2.75) is 36.0 Å². The fourth-order valence-electron chi connectivity index (χ4n) is 4.31. The number of anilines is 1. The third-order valence-corrected chi connectivity index (χ3v) is 9.82. The summed E-state index contributed by atoms with van der Waals surface area (Å²) in [5, 5.41) is 2.57. The Morgan fingerprint density at radius 2 is 1.52 bits per heavy atom. The van der Waals surface area contributed by atoms with Crippen LogP contribution in [0.2, 0.25) is 0 Å². The van der Waals surface area contributed by atoms with E-state index in [1.165, 1.54) is 40.3 Å². The molecular weight excluding hydrogens is 466 g/mol. The van der Waals surface area contributed by atoms with E-state index in [-0.39, 0.29) is 47.6 Å². The summed E-state index contributed by atoms with van der Waals surface area (Å²) < 4.78 is 60.8. The van der Waals surface area contributed by atoms with Crippen molar-refractivity contribution in [2.24, 2.45) is 0 Å². The molecule has 0 bridgehead atoms. The molecule has 2 aromatic carbocycles. The molecule has 4 rings (SSSR count). The van der Waals surface area contributed by atoms with Crippen LogP contribution in [0.3, 0.4) is 0 Å². The molecule has 2 aliphatic rings. The number of nitrogens with zero attached hydrogens (tertiary/aromatic N) is 2. The molecule has 0 spiro atoms. The van der Waals surface area contributed by atoms with Crippen LogP contribution in [0.5, 0.6) is 5.75 Å². The molecule has 0 radical (unpaired) electrons. The predicted octanol–water partition coefficient (Wildman–Crippen LogP) is 1.84. The van der Waals surface area contributed by atoms with E-state index >= 15 is 0 Å². The van der Waals surface area contributed by atoms with Crippen molar-refractivity contribution < 1.29 is 26.4 Å². The van der Waals surface area contributed by atoms with Crippen molar-refractivity contribution in [1.82, 2.24) is 8.61 Å². The van der Waals surface area contributed by atoms with Crippen LogP contribution in [-0.4, -0.2) is 64.6 Å². The first-order valence-electron chi connectivity index (χ1n) is 10.7. The van der Waals surface area contributed by atoms with Gasteiger partial charge in [0.25, 0.3) is 0 Å². The van der Waals surface area contributed by atoms with Gasteiger partial charge in [-0.1, -0.05) is 6.07 Å². The monoisotopic (exact) mass is 493 g/mol. The number of carbonyl (C=O) groups excluding carboxylic acids is 1. The second-order valence-electron chi connectivity index (χ2n) is 8.14. The van der Waals surface area contributed by atoms with Crippen molar-refractivity contribution in [3.8, 4) is 5.75 Å². The average Bonchev–Trinajstić information content (AvgIpc) is 3.27. The lowest BCUT2D eigenvalue weighted by Gasteiger charge is -2.33. The molecule has 0 atom stereocenters. The number of fused-ring (bicyclic) bond motifs is 1. The Balaban J connectivity index is 1.53. The van der Waals surface area contributed by atoms with Crippen LogP contribution < -0.4 is 10.1 Å². The molecule has 1 fully saturated rings. The van der Waals surface area contributed by atoms with Crippen molar-refractivity contribution in [3.05, 3.63) is 47.5 Å². The van der Waals surface area contributed by atoms with Crippen LogP contribution in [0.4, 0.5) is 5.69 Å². The summed E-state index contributed by atoms with van der Waals surface area (Å²) in [6, 6.07) is 9.65. The number of ether oxygens (including phenoxy) is 1. The van der Waals surface area contributed by atoms with Gasteiger partial charge in [-0.2, -0.15) is 8.61 Å². The summed E-state index contributed by atoms with van der Waals surface area (Å²) in [4.78, 5) is 11.6. The maximum absolute atomic E-state index is 13.3. The zero-order valence-electron chi connectivity index (χ0n) is 18.6. The maximum atomic E-state index is 13.3. The number of sulfonamides is 2. The average molecular weight is 494 g/mol. The number of aryl methyl sites for hydroxylation is 2. The van der Waals surface area contributed by atoms with Crippen LogP contribution >= 0.6 is 0 Å². The predicted molar refractivity (Wildman–Crippen MR) is 123 cm³/mol. The molecule has 1 amide bonds. The maximum Gasteiger partial charge on any atom is 0.246 e. The Hall–Kier alpha value is -2.47. The second-order valence-corrected chi connectivity index (χ2v) is 12.0. The summed E-state index contributed by atoms with van der Waals surface area (Å²) >= 11 is 0.